The zero-order chi connectivity index (χ0) is 23.8. The summed E-state index contributed by atoms with van der Waals surface area (Å²) in [4.78, 5) is 13.0. The fourth-order valence-electron chi connectivity index (χ4n) is 3.49. The van der Waals surface area contributed by atoms with Crippen molar-refractivity contribution in [3.63, 3.8) is 0 Å². The summed E-state index contributed by atoms with van der Waals surface area (Å²) in [7, 11) is 0. The quantitative estimate of drug-likeness (QED) is 0.435. The maximum Gasteiger partial charge on any atom is 0.252 e. The Labute approximate surface area is 190 Å². The molecule has 1 atom stereocenters. The highest BCUT2D eigenvalue weighted by molar-refractivity contribution is 6.17. The lowest BCUT2D eigenvalue weighted by Gasteiger charge is -2.19. The van der Waals surface area contributed by atoms with Crippen LogP contribution >= 0.6 is 0 Å². The highest BCUT2D eigenvalue weighted by Gasteiger charge is 2.22. The molecule has 1 unspecified atom stereocenters. The van der Waals surface area contributed by atoms with Gasteiger partial charge < -0.3 is 26.1 Å². The Morgan fingerprint density at radius 1 is 1.24 bits per heavy atom. The molecule has 0 bridgehead atoms. The highest BCUT2D eigenvalue weighted by atomic mass is 19.1. The molecule has 0 fully saturated rings. The van der Waals surface area contributed by atoms with Crippen molar-refractivity contribution in [2.45, 2.75) is 18.9 Å². The predicted molar refractivity (Wildman–Crippen MR) is 124 cm³/mol. The number of carbonyl (C=O) groups is 1. The molecular weight excluding hydrogens is 426 g/mol. The summed E-state index contributed by atoms with van der Waals surface area (Å²) in [5, 5.41) is 20.6. The van der Waals surface area contributed by atoms with Crippen molar-refractivity contribution in [3.8, 4) is 0 Å². The molecule has 1 heterocycles. The molecule has 0 spiro atoms. The Balaban J connectivity index is 1.86. The van der Waals surface area contributed by atoms with Gasteiger partial charge in [0.2, 0.25) is 0 Å². The van der Waals surface area contributed by atoms with E-state index in [1.807, 2.05) is 29.1 Å². The first-order chi connectivity index (χ1) is 15.9. The van der Waals surface area contributed by atoms with Crippen molar-refractivity contribution < 1.29 is 18.7 Å². The van der Waals surface area contributed by atoms with E-state index < -0.39 is 17.6 Å². The molecule has 0 aliphatic heterocycles. The Hall–Kier alpha value is -3.78. The van der Waals surface area contributed by atoms with Gasteiger partial charge in [0.05, 0.1) is 17.3 Å². The van der Waals surface area contributed by atoms with Crippen LogP contribution in [0.1, 0.15) is 24.4 Å². The van der Waals surface area contributed by atoms with Crippen LogP contribution in [0.5, 0.6) is 0 Å². The lowest BCUT2D eigenvalue weighted by molar-refractivity contribution is -0.117. The second kappa shape index (κ2) is 11.2. The van der Waals surface area contributed by atoms with Crippen molar-refractivity contribution in [2.75, 3.05) is 13.2 Å². The van der Waals surface area contributed by atoms with Gasteiger partial charge in [-0.3, -0.25) is 4.79 Å². The van der Waals surface area contributed by atoms with E-state index in [0.717, 1.165) is 0 Å². The number of nitrogens with two attached hydrogens (primary N) is 1. The highest BCUT2D eigenvalue weighted by Crippen LogP contribution is 2.25. The summed E-state index contributed by atoms with van der Waals surface area (Å²) < 4.78 is 30.0. The van der Waals surface area contributed by atoms with E-state index in [1.54, 1.807) is 6.08 Å². The van der Waals surface area contributed by atoms with Crippen LogP contribution in [0.4, 0.5) is 8.78 Å². The van der Waals surface area contributed by atoms with Crippen molar-refractivity contribution in [1.82, 2.24) is 9.88 Å². The first kappa shape index (κ1) is 23.9. The third kappa shape index (κ3) is 6.14. The van der Waals surface area contributed by atoms with Crippen LogP contribution in [-0.4, -0.2) is 34.4 Å². The monoisotopic (exact) mass is 452 g/mol. The SMILES string of the molecule is N=C(/C=C(\N)c1ccc(F)cc1)C1=C(C(=O)NCC(CCO)n2cccc2)C=CCC=C1F. The lowest BCUT2D eigenvalue weighted by Crippen LogP contribution is -2.32. The number of amides is 1. The third-order valence-electron chi connectivity index (χ3n) is 5.23. The molecule has 5 N–H and O–H groups in total. The molecule has 172 valence electrons. The second-order valence-electron chi connectivity index (χ2n) is 7.51. The third-order valence-corrected chi connectivity index (χ3v) is 5.23. The molecule has 1 aromatic carbocycles. The Kier molecular flexibility index (Phi) is 8.10. The number of hydrogen-bond acceptors (Lipinski definition) is 4. The number of benzene rings is 1. The minimum absolute atomic E-state index is 0.00432. The number of rotatable bonds is 9. The number of carbonyl (C=O) groups excluding carboxylic acids is 1. The number of aliphatic hydroxyl groups excluding tert-OH is 1. The maximum atomic E-state index is 14.9. The van der Waals surface area contributed by atoms with Crippen LogP contribution in [-0.2, 0) is 4.79 Å². The van der Waals surface area contributed by atoms with Crippen LogP contribution in [0.3, 0.4) is 0 Å². The smallest absolute Gasteiger partial charge is 0.252 e. The molecule has 1 aliphatic rings. The standard InChI is InChI=1S/C25H26F2N4O2/c26-18-9-7-17(8-10-18)22(28)15-23(29)24-20(5-1-2-6-21(24)27)25(33)30-16-19(11-14-32)31-12-3-4-13-31/h1,3-10,12-13,15,19,29,32H,2,11,14,16,28H2,(H,30,33)/b22-15-,29-23?. The van der Waals surface area contributed by atoms with Gasteiger partial charge in [-0.05, 0) is 54.8 Å². The van der Waals surface area contributed by atoms with Crippen molar-refractivity contribution >= 4 is 17.3 Å². The second-order valence-corrected chi connectivity index (χ2v) is 7.51. The van der Waals surface area contributed by atoms with Gasteiger partial charge >= 0.3 is 0 Å². The maximum absolute atomic E-state index is 14.9. The summed E-state index contributed by atoms with van der Waals surface area (Å²) in [6.07, 6.45) is 10.0. The Morgan fingerprint density at radius 3 is 2.61 bits per heavy atom. The minimum Gasteiger partial charge on any atom is -0.398 e. The van der Waals surface area contributed by atoms with Crippen molar-refractivity contribution in [2.24, 2.45) is 5.73 Å². The average Bonchev–Trinajstić information content (AvgIpc) is 3.26. The number of nitrogens with one attached hydrogen (secondary N) is 2. The number of halogens is 2. The number of allylic oxidation sites excluding steroid dienone is 5. The van der Waals surface area contributed by atoms with Crippen LogP contribution < -0.4 is 11.1 Å². The minimum atomic E-state index is -0.698. The molecule has 0 saturated heterocycles. The van der Waals surface area contributed by atoms with Crippen LogP contribution in [0, 0.1) is 11.2 Å². The average molecular weight is 453 g/mol. The zero-order valence-electron chi connectivity index (χ0n) is 18.0. The van der Waals surface area contributed by atoms with E-state index in [2.05, 4.69) is 5.32 Å². The first-order valence-corrected chi connectivity index (χ1v) is 10.5. The molecule has 3 rings (SSSR count). The van der Waals surface area contributed by atoms with Crippen LogP contribution in [0.15, 0.2) is 90.1 Å². The molecule has 2 aromatic rings. The van der Waals surface area contributed by atoms with Gasteiger partial charge in [0, 0.05) is 36.8 Å². The van der Waals surface area contributed by atoms with E-state index in [-0.39, 0.29) is 48.2 Å². The van der Waals surface area contributed by atoms with Gasteiger partial charge in [-0.1, -0.05) is 24.3 Å². The van der Waals surface area contributed by atoms with Crippen LogP contribution in [0.2, 0.25) is 0 Å². The predicted octanol–water partition coefficient (Wildman–Crippen LogP) is 3.80. The number of aromatic nitrogens is 1. The van der Waals surface area contributed by atoms with Gasteiger partial charge in [0.1, 0.15) is 11.6 Å². The molecular formula is C25H26F2N4O2. The lowest BCUT2D eigenvalue weighted by atomic mass is 9.99. The van der Waals surface area contributed by atoms with Crippen molar-refractivity contribution in [3.05, 3.63) is 101 Å². The van der Waals surface area contributed by atoms with Crippen LogP contribution in [0.25, 0.3) is 5.70 Å². The summed E-state index contributed by atoms with van der Waals surface area (Å²) in [6, 6.07) is 8.90. The molecule has 1 aromatic heterocycles. The molecule has 6 nitrogen and oxygen atoms in total. The van der Waals surface area contributed by atoms with E-state index in [4.69, 9.17) is 11.1 Å². The van der Waals surface area contributed by atoms with E-state index in [1.165, 1.54) is 42.5 Å². The Morgan fingerprint density at radius 2 is 1.94 bits per heavy atom. The number of hydrogen-bond donors (Lipinski definition) is 4. The van der Waals surface area contributed by atoms with Gasteiger partial charge in [-0.2, -0.15) is 0 Å². The van der Waals surface area contributed by atoms with Crippen molar-refractivity contribution in [1.29, 1.82) is 5.41 Å². The topological polar surface area (TPSA) is 104 Å². The molecule has 0 saturated carbocycles. The summed E-state index contributed by atoms with van der Waals surface area (Å²) >= 11 is 0. The molecule has 1 amide bonds. The zero-order valence-corrected chi connectivity index (χ0v) is 18.0. The summed E-state index contributed by atoms with van der Waals surface area (Å²) in [6.45, 7) is 0.160. The van der Waals surface area contributed by atoms with Gasteiger partial charge in [0.15, 0.2) is 0 Å². The van der Waals surface area contributed by atoms with E-state index in [0.29, 0.717) is 12.0 Å². The molecule has 1 aliphatic carbocycles. The molecule has 8 heteroatoms. The van der Waals surface area contributed by atoms with Gasteiger partial charge in [-0.15, -0.1) is 0 Å². The fraction of sp³-hybridized carbons (Fsp3) is 0.200. The number of aliphatic hydroxyl groups is 1. The van der Waals surface area contributed by atoms with Gasteiger partial charge in [-0.25, -0.2) is 8.78 Å². The van der Waals surface area contributed by atoms with Gasteiger partial charge in [0.25, 0.3) is 5.91 Å². The number of nitrogens with zero attached hydrogens (tertiary/aromatic N) is 1. The normalized spacial score (nSPS) is 15.1. The molecule has 0 radical (unpaired) electrons. The van der Waals surface area contributed by atoms with E-state index in [9.17, 15) is 18.7 Å². The first-order valence-electron chi connectivity index (χ1n) is 10.5. The fourth-order valence-corrected chi connectivity index (χ4v) is 3.49. The summed E-state index contributed by atoms with van der Waals surface area (Å²) in [5.41, 5.74) is 6.20. The summed E-state index contributed by atoms with van der Waals surface area (Å²) in [5.74, 6) is -1.67. The largest absolute Gasteiger partial charge is 0.398 e. The molecule has 33 heavy (non-hydrogen) atoms. The van der Waals surface area contributed by atoms with E-state index >= 15 is 0 Å². The Bertz CT molecular complexity index is 1110.